The fourth-order valence-corrected chi connectivity index (χ4v) is 2.04. The van der Waals surface area contributed by atoms with E-state index in [0.29, 0.717) is 0 Å². The van der Waals surface area contributed by atoms with Crippen LogP contribution in [0.3, 0.4) is 0 Å². The van der Waals surface area contributed by atoms with Crippen molar-refractivity contribution in [2.75, 3.05) is 6.61 Å². The normalized spacial score (nSPS) is 25.3. The number of benzene rings is 1. The van der Waals surface area contributed by atoms with E-state index in [2.05, 4.69) is 11.6 Å². The largest absolute Gasteiger partial charge is 0.468 e. The highest BCUT2D eigenvalue weighted by atomic mass is 16.5. The van der Waals surface area contributed by atoms with Gasteiger partial charge in [0.05, 0.1) is 6.61 Å². The Labute approximate surface area is 113 Å². The molecule has 4 nitrogen and oxygen atoms in total. The molecular formula is C15H19NO3. The van der Waals surface area contributed by atoms with Gasteiger partial charge in [-0.3, -0.25) is 0 Å². The molecule has 1 aromatic carbocycles. The highest BCUT2D eigenvalue weighted by Gasteiger charge is 2.35. The van der Waals surface area contributed by atoms with Crippen LogP contribution in [0.5, 0.6) is 0 Å². The first-order chi connectivity index (χ1) is 9.17. The molecule has 1 heterocycles. The van der Waals surface area contributed by atoms with Gasteiger partial charge in [-0.2, -0.15) is 0 Å². The first kappa shape index (κ1) is 13.8. The van der Waals surface area contributed by atoms with E-state index in [1.807, 2.05) is 37.3 Å². The Kier molecular flexibility index (Phi) is 4.35. The number of hydrogen-bond acceptors (Lipinski definition) is 4. The molecule has 1 aromatic rings. The Morgan fingerprint density at radius 2 is 2.11 bits per heavy atom. The molecule has 0 amide bonds. The molecule has 1 aliphatic rings. The minimum Gasteiger partial charge on any atom is -0.468 e. The van der Waals surface area contributed by atoms with Crippen molar-refractivity contribution >= 4 is 5.90 Å². The number of nitrogens with zero attached hydrogens (tertiary/aromatic N) is 1. The van der Waals surface area contributed by atoms with E-state index in [9.17, 15) is 10.2 Å². The molecular weight excluding hydrogens is 242 g/mol. The quantitative estimate of drug-likeness (QED) is 0.793. The van der Waals surface area contributed by atoms with Gasteiger partial charge >= 0.3 is 0 Å². The summed E-state index contributed by atoms with van der Waals surface area (Å²) in [6.07, 6.45) is 0.494. The van der Waals surface area contributed by atoms with E-state index in [-0.39, 0.29) is 30.6 Å². The molecule has 0 aliphatic carbocycles. The van der Waals surface area contributed by atoms with Crippen LogP contribution in [0, 0.1) is 5.92 Å². The molecule has 2 rings (SSSR count). The van der Waals surface area contributed by atoms with E-state index in [1.54, 1.807) is 6.08 Å². The lowest BCUT2D eigenvalue weighted by Gasteiger charge is -2.19. The lowest BCUT2D eigenvalue weighted by Crippen LogP contribution is -2.27. The predicted octanol–water partition coefficient (Wildman–Crippen LogP) is 1.70. The van der Waals surface area contributed by atoms with E-state index in [1.165, 1.54) is 0 Å². The van der Waals surface area contributed by atoms with Gasteiger partial charge in [0.15, 0.2) is 0 Å². The summed E-state index contributed by atoms with van der Waals surface area (Å²) in [5, 5.41) is 19.5. The second-order valence-electron chi connectivity index (χ2n) is 4.71. The average molecular weight is 261 g/mol. The summed E-state index contributed by atoms with van der Waals surface area (Å²) in [7, 11) is 0. The first-order valence-corrected chi connectivity index (χ1v) is 6.38. The van der Waals surface area contributed by atoms with Gasteiger partial charge in [-0.25, -0.2) is 4.99 Å². The van der Waals surface area contributed by atoms with Gasteiger partial charge in [0, 0.05) is 5.92 Å². The highest BCUT2D eigenvalue weighted by Crippen LogP contribution is 2.30. The maximum atomic E-state index is 10.1. The maximum Gasteiger partial charge on any atom is 0.214 e. The summed E-state index contributed by atoms with van der Waals surface area (Å²) in [4.78, 5) is 4.28. The van der Waals surface area contributed by atoms with Crippen LogP contribution in [-0.2, 0) is 4.74 Å². The summed E-state index contributed by atoms with van der Waals surface area (Å²) < 4.78 is 5.73. The fourth-order valence-electron chi connectivity index (χ4n) is 2.04. The van der Waals surface area contributed by atoms with Crippen LogP contribution in [-0.4, -0.2) is 34.9 Å². The number of hydrogen-bond donors (Lipinski definition) is 2. The molecule has 1 aliphatic heterocycles. The summed E-state index contributed by atoms with van der Waals surface area (Å²) in [5.41, 5.74) is 0.943. The van der Waals surface area contributed by atoms with Gasteiger partial charge in [-0.05, 0) is 5.56 Å². The zero-order valence-corrected chi connectivity index (χ0v) is 10.9. The first-order valence-electron chi connectivity index (χ1n) is 6.38. The Hall–Kier alpha value is -1.65. The zero-order chi connectivity index (χ0) is 13.8. The third-order valence-electron chi connectivity index (χ3n) is 3.33. The molecule has 0 saturated carbocycles. The van der Waals surface area contributed by atoms with Gasteiger partial charge in [0.1, 0.15) is 18.2 Å². The van der Waals surface area contributed by atoms with Crippen LogP contribution in [0.2, 0.25) is 0 Å². The third kappa shape index (κ3) is 2.85. The van der Waals surface area contributed by atoms with Crippen molar-refractivity contribution in [2.45, 2.75) is 25.2 Å². The monoisotopic (exact) mass is 261 g/mol. The molecule has 0 fully saturated rings. The van der Waals surface area contributed by atoms with Gasteiger partial charge in [-0.15, -0.1) is 6.58 Å². The number of aliphatic imine (C=N–C) groups is 1. The molecule has 0 bridgehead atoms. The van der Waals surface area contributed by atoms with Crippen molar-refractivity contribution < 1.29 is 14.9 Å². The molecule has 102 valence electrons. The average Bonchev–Trinajstić information content (AvgIpc) is 2.90. The summed E-state index contributed by atoms with van der Waals surface area (Å²) >= 11 is 0. The maximum absolute atomic E-state index is 10.1. The molecule has 4 atom stereocenters. The Morgan fingerprint density at radius 1 is 1.42 bits per heavy atom. The SMILES string of the molecule is C=C[C@@H](C)[C@@H](O)C1=N[C@@H](CO)[C@H](c2ccccc2)O1. The van der Waals surface area contributed by atoms with Crippen molar-refractivity contribution in [1.82, 2.24) is 0 Å². The summed E-state index contributed by atoms with van der Waals surface area (Å²) in [6, 6.07) is 9.22. The van der Waals surface area contributed by atoms with Gasteiger partial charge < -0.3 is 14.9 Å². The summed E-state index contributed by atoms with van der Waals surface area (Å²) in [5.74, 6) is 0.132. The van der Waals surface area contributed by atoms with Crippen LogP contribution >= 0.6 is 0 Å². The van der Waals surface area contributed by atoms with Gasteiger partial charge in [0.25, 0.3) is 0 Å². The van der Waals surface area contributed by atoms with E-state index >= 15 is 0 Å². The number of rotatable bonds is 5. The van der Waals surface area contributed by atoms with Crippen LogP contribution in [0.15, 0.2) is 48.0 Å². The molecule has 0 aromatic heterocycles. The number of aliphatic hydroxyl groups is 2. The zero-order valence-electron chi connectivity index (χ0n) is 10.9. The van der Waals surface area contributed by atoms with Crippen molar-refractivity contribution in [1.29, 1.82) is 0 Å². The van der Waals surface area contributed by atoms with Crippen molar-refractivity contribution in [3.8, 4) is 0 Å². The van der Waals surface area contributed by atoms with Crippen molar-refractivity contribution in [3.63, 3.8) is 0 Å². The molecule has 0 saturated heterocycles. The van der Waals surface area contributed by atoms with Crippen molar-refractivity contribution in [2.24, 2.45) is 10.9 Å². The van der Waals surface area contributed by atoms with E-state index in [0.717, 1.165) is 5.56 Å². The number of ether oxygens (including phenoxy) is 1. The topological polar surface area (TPSA) is 62.1 Å². The molecule has 0 unspecified atom stereocenters. The molecule has 4 heteroatoms. The van der Waals surface area contributed by atoms with Crippen molar-refractivity contribution in [3.05, 3.63) is 48.6 Å². The number of aliphatic hydroxyl groups excluding tert-OH is 2. The lowest BCUT2D eigenvalue weighted by atomic mass is 10.0. The molecule has 2 N–H and O–H groups in total. The predicted molar refractivity (Wildman–Crippen MR) is 73.9 cm³/mol. The summed E-state index contributed by atoms with van der Waals surface area (Å²) in [6.45, 7) is 5.38. The molecule has 0 spiro atoms. The standard InChI is InChI=1S/C15H19NO3/c1-3-10(2)13(18)15-16-12(9-17)14(19-15)11-7-5-4-6-8-11/h3-8,10,12-14,17-18H,1,9H2,2H3/t10-,12+,13-,14+/m1/s1. The van der Waals surface area contributed by atoms with Crippen LogP contribution < -0.4 is 0 Å². The fraction of sp³-hybridized carbons (Fsp3) is 0.400. The smallest absolute Gasteiger partial charge is 0.214 e. The van der Waals surface area contributed by atoms with Gasteiger partial charge in [0.2, 0.25) is 5.90 Å². The molecule has 0 radical (unpaired) electrons. The van der Waals surface area contributed by atoms with Crippen LogP contribution in [0.25, 0.3) is 0 Å². The Bertz CT molecular complexity index is 458. The minimum absolute atomic E-state index is 0.113. The molecule has 19 heavy (non-hydrogen) atoms. The van der Waals surface area contributed by atoms with Crippen LogP contribution in [0.1, 0.15) is 18.6 Å². The van der Waals surface area contributed by atoms with E-state index < -0.39 is 6.10 Å². The second-order valence-corrected chi connectivity index (χ2v) is 4.71. The van der Waals surface area contributed by atoms with Gasteiger partial charge in [-0.1, -0.05) is 43.3 Å². The minimum atomic E-state index is -0.819. The van der Waals surface area contributed by atoms with Crippen LogP contribution in [0.4, 0.5) is 0 Å². The van der Waals surface area contributed by atoms with E-state index in [4.69, 9.17) is 4.74 Å². The highest BCUT2D eigenvalue weighted by molar-refractivity contribution is 5.83. The Morgan fingerprint density at radius 3 is 2.68 bits per heavy atom. The Balaban J connectivity index is 2.17. The second kappa shape index (κ2) is 5.99. The lowest BCUT2D eigenvalue weighted by molar-refractivity contribution is 0.118. The third-order valence-corrected chi connectivity index (χ3v) is 3.33.